The van der Waals surface area contributed by atoms with Gasteiger partial charge >= 0.3 is 0 Å². The molecular formula is C22H30ClN7O2. The molecular weight excluding hydrogens is 430 g/mol. The summed E-state index contributed by atoms with van der Waals surface area (Å²) in [6.45, 7) is 4.51. The van der Waals surface area contributed by atoms with Gasteiger partial charge < -0.3 is 25.3 Å². The van der Waals surface area contributed by atoms with Gasteiger partial charge in [-0.1, -0.05) is 11.6 Å². The van der Waals surface area contributed by atoms with Crippen LogP contribution in [0.1, 0.15) is 12.5 Å². The molecule has 0 radical (unpaired) electrons. The van der Waals surface area contributed by atoms with Crippen molar-refractivity contribution >= 4 is 46.6 Å². The molecule has 2 aromatic rings. The number of hydrogen-bond donors (Lipinski definition) is 2. The van der Waals surface area contributed by atoms with Gasteiger partial charge in [0.1, 0.15) is 10.9 Å². The number of hydrogen-bond acceptors (Lipinski definition) is 7. The number of likely N-dealkylation sites (N-methyl/N-ethyl adjacent to an activating group) is 2. The van der Waals surface area contributed by atoms with Crippen LogP contribution < -0.4 is 20.4 Å². The van der Waals surface area contributed by atoms with Crippen molar-refractivity contribution in [2.45, 2.75) is 13.3 Å². The van der Waals surface area contributed by atoms with Crippen molar-refractivity contribution in [1.82, 2.24) is 20.2 Å². The van der Waals surface area contributed by atoms with Crippen LogP contribution in [-0.2, 0) is 16.0 Å². The van der Waals surface area contributed by atoms with Gasteiger partial charge in [-0.3, -0.25) is 9.59 Å². The first-order valence-corrected chi connectivity index (χ1v) is 10.9. The summed E-state index contributed by atoms with van der Waals surface area (Å²) in [5.74, 6) is -0.130. The van der Waals surface area contributed by atoms with Crippen molar-refractivity contribution in [3.05, 3.63) is 35.0 Å². The van der Waals surface area contributed by atoms with Gasteiger partial charge in [-0.2, -0.15) is 4.98 Å². The summed E-state index contributed by atoms with van der Waals surface area (Å²) in [6.07, 6.45) is 1.93. The van der Waals surface area contributed by atoms with Gasteiger partial charge in [-0.15, -0.1) is 0 Å². The second-order valence-corrected chi connectivity index (χ2v) is 8.39. The SMILES string of the molecule is CCN(CCN(C)C)c1ncc(Cl)c(Nc2ccc3c(c2)CC(C(=O)NC)C(=O)N3C)n1. The summed E-state index contributed by atoms with van der Waals surface area (Å²) in [4.78, 5) is 39.5. The number of anilines is 4. The highest BCUT2D eigenvalue weighted by atomic mass is 35.5. The van der Waals surface area contributed by atoms with E-state index >= 15 is 0 Å². The zero-order valence-corrected chi connectivity index (χ0v) is 19.9. The maximum absolute atomic E-state index is 12.5. The van der Waals surface area contributed by atoms with E-state index in [0.717, 1.165) is 36.6 Å². The number of carbonyl (C=O) groups excluding carboxylic acids is 2. The zero-order valence-electron chi connectivity index (χ0n) is 19.1. The standard InChI is InChI=1S/C22H30ClN7O2/c1-6-30(10-9-28(3)4)22-25-13-17(23)19(27-22)26-15-7-8-18-14(11-15)12-16(20(31)24-2)21(32)29(18)5/h7-8,11,13,16H,6,9-10,12H2,1-5H3,(H,24,31)(H,25,26,27). The van der Waals surface area contributed by atoms with Crippen molar-refractivity contribution in [2.75, 3.05) is 62.9 Å². The van der Waals surface area contributed by atoms with Crippen molar-refractivity contribution in [1.29, 1.82) is 0 Å². The van der Waals surface area contributed by atoms with Crippen LogP contribution >= 0.6 is 11.6 Å². The average molecular weight is 460 g/mol. The van der Waals surface area contributed by atoms with E-state index in [9.17, 15) is 9.59 Å². The van der Waals surface area contributed by atoms with Gasteiger partial charge in [-0.25, -0.2) is 4.98 Å². The second kappa shape index (κ2) is 10.1. The summed E-state index contributed by atoms with van der Waals surface area (Å²) in [5.41, 5.74) is 2.46. The largest absolute Gasteiger partial charge is 0.358 e. The van der Waals surface area contributed by atoms with Crippen molar-refractivity contribution < 1.29 is 9.59 Å². The molecule has 1 unspecified atom stereocenters. The normalized spacial score (nSPS) is 15.5. The Morgan fingerprint density at radius 2 is 2.06 bits per heavy atom. The predicted octanol–water partition coefficient (Wildman–Crippen LogP) is 2.14. The molecule has 0 spiro atoms. The Morgan fingerprint density at radius 1 is 1.31 bits per heavy atom. The molecule has 0 bridgehead atoms. The summed E-state index contributed by atoms with van der Waals surface area (Å²) in [6, 6.07) is 5.65. The topological polar surface area (TPSA) is 93.7 Å². The second-order valence-electron chi connectivity index (χ2n) is 7.99. The molecule has 2 heterocycles. The summed E-state index contributed by atoms with van der Waals surface area (Å²) in [5, 5.41) is 6.25. The molecule has 1 atom stereocenters. The average Bonchev–Trinajstić information content (AvgIpc) is 2.77. The number of benzene rings is 1. The molecule has 2 N–H and O–H groups in total. The highest BCUT2D eigenvalue weighted by molar-refractivity contribution is 6.32. The molecule has 172 valence electrons. The minimum atomic E-state index is -0.739. The van der Waals surface area contributed by atoms with Crippen LogP contribution in [0.5, 0.6) is 0 Å². The Kier molecular flexibility index (Phi) is 7.52. The number of nitrogens with zero attached hydrogens (tertiary/aromatic N) is 5. The van der Waals surface area contributed by atoms with Crippen LogP contribution in [-0.4, -0.2) is 74.5 Å². The van der Waals surface area contributed by atoms with Crippen molar-refractivity contribution in [3.63, 3.8) is 0 Å². The molecule has 2 amide bonds. The van der Waals surface area contributed by atoms with Gasteiger partial charge in [0, 0.05) is 45.1 Å². The minimum Gasteiger partial charge on any atom is -0.358 e. The molecule has 32 heavy (non-hydrogen) atoms. The third-order valence-electron chi connectivity index (χ3n) is 5.53. The van der Waals surface area contributed by atoms with Crippen LogP contribution in [0.25, 0.3) is 0 Å². The Hall–Kier alpha value is -2.91. The predicted molar refractivity (Wildman–Crippen MR) is 128 cm³/mol. The van der Waals surface area contributed by atoms with Gasteiger partial charge in [-0.05, 0) is 51.2 Å². The molecule has 10 heteroatoms. The first-order chi connectivity index (χ1) is 15.2. The van der Waals surface area contributed by atoms with E-state index in [1.807, 2.05) is 32.3 Å². The van der Waals surface area contributed by atoms with E-state index < -0.39 is 5.92 Å². The van der Waals surface area contributed by atoms with E-state index in [1.165, 1.54) is 11.9 Å². The molecule has 9 nitrogen and oxygen atoms in total. The number of carbonyl (C=O) groups is 2. The van der Waals surface area contributed by atoms with Crippen LogP contribution in [0.2, 0.25) is 5.02 Å². The van der Waals surface area contributed by atoms with Crippen LogP contribution in [0, 0.1) is 5.92 Å². The number of nitrogens with one attached hydrogen (secondary N) is 2. The molecule has 1 aromatic carbocycles. The van der Waals surface area contributed by atoms with Crippen LogP contribution in [0.3, 0.4) is 0 Å². The molecule has 0 aliphatic carbocycles. The fourth-order valence-electron chi connectivity index (χ4n) is 3.65. The van der Waals surface area contributed by atoms with Crippen LogP contribution in [0.15, 0.2) is 24.4 Å². The van der Waals surface area contributed by atoms with Crippen molar-refractivity contribution in [2.24, 2.45) is 5.92 Å². The number of amides is 2. The zero-order chi connectivity index (χ0) is 23.4. The molecule has 0 fully saturated rings. The van der Waals surface area contributed by atoms with E-state index in [4.69, 9.17) is 11.6 Å². The Bertz CT molecular complexity index is 998. The first-order valence-electron chi connectivity index (χ1n) is 10.6. The number of halogens is 1. The van der Waals surface area contributed by atoms with Crippen LogP contribution in [0.4, 0.5) is 23.1 Å². The minimum absolute atomic E-state index is 0.210. The number of rotatable bonds is 8. The fraction of sp³-hybridized carbons (Fsp3) is 0.455. The summed E-state index contributed by atoms with van der Waals surface area (Å²) in [7, 11) is 7.28. The lowest BCUT2D eigenvalue weighted by Gasteiger charge is -2.31. The van der Waals surface area contributed by atoms with Gasteiger partial charge in [0.15, 0.2) is 5.82 Å². The monoisotopic (exact) mass is 459 g/mol. The highest BCUT2D eigenvalue weighted by Crippen LogP contribution is 2.33. The molecule has 1 aliphatic heterocycles. The van der Waals surface area contributed by atoms with Gasteiger partial charge in [0.25, 0.3) is 0 Å². The van der Waals surface area contributed by atoms with E-state index in [1.54, 1.807) is 13.2 Å². The van der Waals surface area contributed by atoms with Crippen molar-refractivity contribution in [3.8, 4) is 0 Å². The quantitative estimate of drug-likeness (QED) is 0.584. The van der Waals surface area contributed by atoms with Gasteiger partial charge in [0.05, 0.1) is 6.20 Å². The Labute approximate surface area is 193 Å². The van der Waals surface area contributed by atoms with Gasteiger partial charge in [0.2, 0.25) is 17.8 Å². The number of fused-ring (bicyclic) bond motifs is 1. The molecule has 0 saturated heterocycles. The maximum atomic E-state index is 12.5. The molecule has 1 aliphatic rings. The Balaban J connectivity index is 1.85. The summed E-state index contributed by atoms with van der Waals surface area (Å²) < 4.78 is 0. The number of aromatic nitrogens is 2. The fourth-order valence-corrected chi connectivity index (χ4v) is 3.79. The van der Waals surface area contributed by atoms with E-state index in [0.29, 0.717) is 23.2 Å². The maximum Gasteiger partial charge on any atom is 0.239 e. The highest BCUT2D eigenvalue weighted by Gasteiger charge is 2.35. The lowest BCUT2D eigenvalue weighted by Crippen LogP contribution is -2.45. The molecule has 0 saturated carbocycles. The van der Waals surface area contributed by atoms with E-state index in [-0.39, 0.29) is 11.8 Å². The van der Waals surface area contributed by atoms with E-state index in [2.05, 4.69) is 37.3 Å². The smallest absolute Gasteiger partial charge is 0.239 e. The third-order valence-corrected chi connectivity index (χ3v) is 5.81. The molecule has 1 aromatic heterocycles. The summed E-state index contributed by atoms with van der Waals surface area (Å²) >= 11 is 6.37. The lowest BCUT2D eigenvalue weighted by molar-refractivity contribution is -0.133. The first kappa shape index (κ1) is 23.7. The lowest BCUT2D eigenvalue weighted by atomic mass is 9.91. The third kappa shape index (κ3) is 5.11. The molecule has 3 rings (SSSR count). The Morgan fingerprint density at radius 3 is 2.72 bits per heavy atom.